The molecule has 150 valence electrons. The second kappa shape index (κ2) is 7.09. The number of fused-ring (bicyclic) bond motifs is 1. The number of carboxylic acid groups (broad SMARTS) is 1. The Bertz CT molecular complexity index is 999. The quantitative estimate of drug-likeness (QED) is 0.817. The number of likely N-dealkylation sites (N-methyl/N-ethyl adjacent to an activating group) is 1. The van der Waals surface area contributed by atoms with Gasteiger partial charge in [-0.05, 0) is 38.8 Å². The first-order valence-electron chi connectivity index (χ1n) is 9.57. The van der Waals surface area contributed by atoms with Gasteiger partial charge in [0.05, 0.1) is 18.0 Å². The van der Waals surface area contributed by atoms with Crippen LogP contribution in [0.15, 0.2) is 17.1 Å². The van der Waals surface area contributed by atoms with E-state index in [4.69, 9.17) is 4.74 Å². The van der Waals surface area contributed by atoms with Crippen molar-refractivity contribution in [2.45, 2.75) is 37.8 Å². The maximum absolute atomic E-state index is 15.2. The van der Waals surface area contributed by atoms with Gasteiger partial charge in [0.1, 0.15) is 11.3 Å². The number of nitrogens with zero attached hydrogens (tertiary/aromatic N) is 2. The molecule has 1 saturated carbocycles. The molecule has 0 bridgehead atoms. The molecule has 0 spiro atoms. The molecule has 4 rings (SSSR count). The van der Waals surface area contributed by atoms with Gasteiger partial charge < -0.3 is 24.6 Å². The van der Waals surface area contributed by atoms with Crippen LogP contribution < -0.4 is 20.4 Å². The van der Waals surface area contributed by atoms with E-state index in [-0.39, 0.29) is 23.0 Å². The van der Waals surface area contributed by atoms with Gasteiger partial charge in [0.2, 0.25) is 5.43 Å². The van der Waals surface area contributed by atoms with Gasteiger partial charge in [-0.3, -0.25) is 4.79 Å². The number of benzene rings is 1. The predicted molar refractivity (Wildman–Crippen MR) is 104 cm³/mol. The van der Waals surface area contributed by atoms with E-state index in [9.17, 15) is 14.7 Å². The normalized spacial score (nSPS) is 19.8. The standard InChI is InChI=1S/C20H24FN3O4/c1-22-11-4-3-7-23(9-11)17-15(21)8-13-16(19(17)28-2)24(12-5-6-12)10-14(18(13)25)20(26)27/h8,10-12,22H,3-7,9H2,1-2H3,(H,26,27)/t11-/m0/s1. The van der Waals surface area contributed by atoms with E-state index in [1.807, 2.05) is 11.9 Å². The molecule has 2 heterocycles. The van der Waals surface area contributed by atoms with Crippen molar-refractivity contribution in [3.8, 4) is 5.75 Å². The van der Waals surface area contributed by atoms with E-state index in [0.29, 0.717) is 30.0 Å². The zero-order valence-electron chi connectivity index (χ0n) is 16.0. The van der Waals surface area contributed by atoms with Gasteiger partial charge in [0.15, 0.2) is 11.6 Å². The van der Waals surface area contributed by atoms with Gasteiger partial charge in [0, 0.05) is 31.4 Å². The molecule has 2 aliphatic rings. The number of rotatable bonds is 5. The lowest BCUT2D eigenvalue weighted by Gasteiger charge is -2.35. The van der Waals surface area contributed by atoms with E-state index in [1.165, 1.54) is 19.4 Å². The number of ether oxygens (including phenoxy) is 1. The van der Waals surface area contributed by atoms with Gasteiger partial charge in [0.25, 0.3) is 0 Å². The van der Waals surface area contributed by atoms with E-state index in [2.05, 4.69) is 5.32 Å². The number of hydrogen-bond donors (Lipinski definition) is 2. The Balaban J connectivity index is 1.99. The minimum absolute atomic E-state index is 0.0482. The van der Waals surface area contributed by atoms with Crippen LogP contribution in [0, 0.1) is 5.82 Å². The maximum atomic E-state index is 15.2. The van der Waals surface area contributed by atoms with Crippen molar-refractivity contribution >= 4 is 22.6 Å². The van der Waals surface area contributed by atoms with Gasteiger partial charge in [-0.1, -0.05) is 0 Å². The number of carbonyl (C=O) groups is 1. The Hall–Kier alpha value is -2.61. The summed E-state index contributed by atoms with van der Waals surface area (Å²) >= 11 is 0. The van der Waals surface area contributed by atoms with E-state index in [1.54, 1.807) is 4.57 Å². The summed E-state index contributed by atoms with van der Waals surface area (Å²) in [6.07, 6.45) is 5.08. The first-order chi connectivity index (χ1) is 13.5. The van der Waals surface area contributed by atoms with Crippen LogP contribution in [-0.4, -0.2) is 48.9 Å². The first-order valence-corrected chi connectivity index (χ1v) is 9.57. The van der Waals surface area contributed by atoms with Crippen molar-refractivity contribution in [2.75, 3.05) is 32.1 Å². The molecule has 0 radical (unpaired) electrons. The van der Waals surface area contributed by atoms with Gasteiger partial charge in [-0.2, -0.15) is 0 Å². The lowest BCUT2D eigenvalue weighted by Crippen LogP contribution is -2.45. The van der Waals surface area contributed by atoms with Crippen molar-refractivity contribution in [1.29, 1.82) is 0 Å². The fraction of sp³-hybridized carbons (Fsp3) is 0.500. The zero-order chi connectivity index (χ0) is 20.0. The smallest absolute Gasteiger partial charge is 0.341 e. The number of aromatic nitrogens is 1. The Kier molecular flexibility index (Phi) is 4.74. The molecule has 0 unspecified atom stereocenters. The summed E-state index contributed by atoms with van der Waals surface area (Å²) in [5, 5.41) is 12.7. The summed E-state index contributed by atoms with van der Waals surface area (Å²) in [5.41, 5.74) is -0.216. The number of anilines is 1. The average Bonchev–Trinajstić information content (AvgIpc) is 3.52. The third-order valence-corrected chi connectivity index (χ3v) is 5.72. The summed E-state index contributed by atoms with van der Waals surface area (Å²) in [6.45, 7) is 1.33. The highest BCUT2D eigenvalue weighted by molar-refractivity contribution is 5.97. The summed E-state index contributed by atoms with van der Waals surface area (Å²) in [5.74, 6) is -1.58. The van der Waals surface area contributed by atoms with Crippen molar-refractivity contribution in [2.24, 2.45) is 0 Å². The average molecular weight is 389 g/mol. The molecular weight excluding hydrogens is 365 g/mol. The number of nitrogens with one attached hydrogen (secondary N) is 1. The monoisotopic (exact) mass is 389 g/mol. The molecule has 8 heteroatoms. The Morgan fingerprint density at radius 3 is 2.71 bits per heavy atom. The third-order valence-electron chi connectivity index (χ3n) is 5.72. The summed E-state index contributed by atoms with van der Waals surface area (Å²) < 4.78 is 22.6. The molecule has 1 aliphatic carbocycles. The van der Waals surface area contributed by atoms with Gasteiger partial charge >= 0.3 is 5.97 Å². The van der Waals surface area contributed by atoms with Crippen molar-refractivity contribution in [3.05, 3.63) is 33.9 Å². The molecule has 1 aliphatic heterocycles. The first kappa shape index (κ1) is 18.7. The molecule has 1 saturated heterocycles. The highest BCUT2D eigenvalue weighted by Crippen LogP contribution is 2.44. The highest BCUT2D eigenvalue weighted by Gasteiger charge is 2.32. The lowest BCUT2D eigenvalue weighted by molar-refractivity contribution is 0.0695. The second-order valence-corrected chi connectivity index (χ2v) is 7.53. The van der Waals surface area contributed by atoms with Crippen LogP contribution in [0.1, 0.15) is 42.1 Å². The van der Waals surface area contributed by atoms with Crippen molar-refractivity contribution in [3.63, 3.8) is 0 Å². The van der Waals surface area contributed by atoms with Crippen LogP contribution in [0.3, 0.4) is 0 Å². The van der Waals surface area contributed by atoms with Crippen LogP contribution in [0.2, 0.25) is 0 Å². The molecule has 1 aromatic heterocycles. The number of hydrogen-bond acceptors (Lipinski definition) is 5. The lowest BCUT2D eigenvalue weighted by atomic mass is 10.0. The van der Waals surface area contributed by atoms with E-state index >= 15 is 4.39 Å². The highest BCUT2D eigenvalue weighted by atomic mass is 19.1. The van der Waals surface area contributed by atoms with E-state index in [0.717, 1.165) is 25.7 Å². The zero-order valence-corrected chi connectivity index (χ0v) is 16.0. The number of carboxylic acids is 1. The fourth-order valence-electron chi connectivity index (χ4n) is 4.14. The topological polar surface area (TPSA) is 83.8 Å². The molecule has 28 heavy (non-hydrogen) atoms. The van der Waals surface area contributed by atoms with Crippen molar-refractivity contribution in [1.82, 2.24) is 9.88 Å². The van der Waals surface area contributed by atoms with Crippen LogP contribution >= 0.6 is 0 Å². The Morgan fingerprint density at radius 2 is 2.11 bits per heavy atom. The third kappa shape index (κ3) is 3.01. The number of aromatic carboxylic acids is 1. The SMILES string of the molecule is CN[C@H]1CCCN(c2c(F)cc3c(=O)c(C(=O)O)cn(C4CC4)c3c2OC)C1. The molecule has 0 amide bonds. The largest absolute Gasteiger partial charge is 0.492 e. The Labute approximate surface area is 161 Å². The van der Waals surface area contributed by atoms with Gasteiger partial charge in [-0.25, -0.2) is 9.18 Å². The maximum Gasteiger partial charge on any atom is 0.341 e. The van der Waals surface area contributed by atoms with Crippen LogP contribution in [0.5, 0.6) is 5.75 Å². The minimum atomic E-state index is -1.31. The number of piperidine rings is 1. The molecule has 2 fully saturated rings. The van der Waals surface area contributed by atoms with Crippen LogP contribution in [-0.2, 0) is 0 Å². The number of methoxy groups -OCH3 is 1. The van der Waals surface area contributed by atoms with E-state index < -0.39 is 17.2 Å². The molecule has 7 nitrogen and oxygen atoms in total. The molecule has 1 aromatic carbocycles. The van der Waals surface area contributed by atoms with Crippen molar-refractivity contribution < 1.29 is 19.0 Å². The molecule has 2 N–H and O–H groups in total. The van der Waals surface area contributed by atoms with Crippen LogP contribution in [0.25, 0.3) is 10.9 Å². The summed E-state index contributed by atoms with van der Waals surface area (Å²) in [6, 6.07) is 1.51. The van der Waals surface area contributed by atoms with Crippen LogP contribution in [0.4, 0.5) is 10.1 Å². The molecular formula is C20H24FN3O4. The molecule has 2 aromatic rings. The fourth-order valence-corrected chi connectivity index (χ4v) is 4.14. The second-order valence-electron chi connectivity index (χ2n) is 7.53. The van der Waals surface area contributed by atoms with Gasteiger partial charge in [-0.15, -0.1) is 0 Å². The minimum Gasteiger partial charge on any atom is -0.492 e. The predicted octanol–water partition coefficient (Wildman–Crippen LogP) is 2.37. The summed E-state index contributed by atoms with van der Waals surface area (Å²) in [4.78, 5) is 26.2. The molecule has 1 atom stereocenters. The summed E-state index contributed by atoms with van der Waals surface area (Å²) in [7, 11) is 3.35. The number of halogens is 1. The number of pyridine rings is 1. The Morgan fingerprint density at radius 1 is 1.36 bits per heavy atom.